The first-order chi connectivity index (χ1) is 10.2. The van der Waals surface area contributed by atoms with Gasteiger partial charge in [-0.2, -0.15) is 0 Å². The lowest BCUT2D eigenvalue weighted by Crippen LogP contribution is -3.00. The summed E-state index contributed by atoms with van der Waals surface area (Å²) in [5.74, 6) is 1.80. The van der Waals surface area contributed by atoms with E-state index < -0.39 is 0 Å². The molecule has 150 valence electrons. The summed E-state index contributed by atoms with van der Waals surface area (Å²) < 4.78 is 2.40. The van der Waals surface area contributed by atoms with Crippen molar-refractivity contribution in [3.05, 3.63) is 0 Å². The first kappa shape index (κ1) is 30.1. The molecule has 0 unspecified atom stereocenters. The molecule has 0 aliphatic carbocycles. The second-order valence-electron chi connectivity index (χ2n) is 8.76. The molecule has 0 atom stereocenters. The van der Waals surface area contributed by atoms with Crippen LogP contribution in [0.15, 0.2) is 0 Å². The summed E-state index contributed by atoms with van der Waals surface area (Å²) >= 11 is 0. The van der Waals surface area contributed by atoms with Crippen molar-refractivity contribution in [3.8, 4) is 0 Å². The highest BCUT2D eigenvalue weighted by Gasteiger charge is 2.22. The Morgan fingerprint density at radius 3 is 1.00 bits per heavy atom. The van der Waals surface area contributed by atoms with Crippen LogP contribution >= 0.6 is 0 Å². The summed E-state index contributed by atoms with van der Waals surface area (Å²) in [5.41, 5.74) is 0. The van der Waals surface area contributed by atoms with Crippen molar-refractivity contribution < 1.29 is 56.9 Å². The fourth-order valence-corrected chi connectivity index (χ4v) is 3.75. The molecule has 0 spiro atoms. The molecule has 0 aromatic carbocycles. The fraction of sp³-hybridized carbons (Fsp3) is 1.00. The summed E-state index contributed by atoms with van der Waals surface area (Å²) in [6.07, 6.45) is 8.07. The first-order valence-corrected chi connectivity index (χ1v) is 9.83. The molecule has 0 radical (unpaired) electrons. The lowest BCUT2D eigenvalue weighted by Gasteiger charge is -2.35. The number of hydrogen-bond acceptors (Lipinski definition) is 0. The van der Waals surface area contributed by atoms with Crippen LogP contribution in [-0.2, 0) is 0 Å². The number of quaternary nitrogens is 2. The molecule has 0 N–H and O–H groups in total. The van der Waals surface area contributed by atoms with Crippen LogP contribution in [0.4, 0.5) is 0 Å². The predicted molar refractivity (Wildman–Crippen MR) is 101 cm³/mol. The van der Waals surface area contributed by atoms with E-state index in [1.807, 2.05) is 0 Å². The number of nitrogens with zero attached hydrogens (tertiary/aromatic N) is 2. The lowest BCUT2D eigenvalue weighted by atomic mass is 10.0. The molecule has 4 heteroatoms. The largest absolute Gasteiger partial charge is 1.00 e. The van der Waals surface area contributed by atoms with Gasteiger partial charge >= 0.3 is 0 Å². The molecule has 0 fully saturated rings. The van der Waals surface area contributed by atoms with Crippen molar-refractivity contribution in [1.29, 1.82) is 0 Å². The van der Waals surface area contributed by atoms with E-state index in [-0.39, 0.29) is 48.0 Å². The van der Waals surface area contributed by atoms with Crippen molar-refractivity contribution in [1.82, 2.24) is 0 Å². The maximum absolute atomic E-state index is 2.42. The van der Waals surface area contributed by atoms with Gasteiger partial charge in [0.25, 0.3) is 0 Å². The summed E-state index contributed by atoms with van der Waals surface area (Å²) in [6, 6.07) is 0. The molecular weight excluding hydrogens is 522 g/mol. The van der Waals surface area contributed by atoms with E-state index in [1.54, 1.807) is 0 Å². The molecule has 0 saturated carbocycles. The van der Waals surface area contributed by atoms with E-state index in [0.717, 1.165) is 11.8 Å². The van der Waals surface area contributed by atoms with Gasteiger partial charge in [0.15, 0.2) is 0 Å². The first-order valence-electron chi connectivity index (χ1n) is 9.83. The highest BCUT2D eigenvalue weighted by molar-refractivity contribution is 4.55. The van der Waals surface area contributed by atoms with Gasteiger partial charge in [-0.3, -0.25) is 0 Å². The highest BCUT2D eigenvalue weighted by Crippen LogP contribution is 2.16. The van der Waals surface area contributed by atoms with Crippen LogP contribution in [0.3, 0.4) is 0 Å². The molecular formula is C20H46I2N2. The Morgan fingerprint density at radius 1 is 0.542 bits per heavy atom. The number of unbranched alkanes of at least 4 members (excludes halogenated alkanes) is 1. The molecule has 0 heterocycles. The maximum atomic E-state index is 2.42. The molecule has 0 aliphatic rings. The van der Waals surface area contributed by atoms with Crippen molar-refractivity contribution in [3.63, 3.8) is 0 Å². The van der Waals surface area contributed by atoms with Gasteiger partial charge in [0, 0.05) is 24.7 Å². The second kappa shape index (κ2) is 15.4. The average Bonchev–Trinajstić information content (AvgIpc) is 2.47. The van der Waals surface area contributed by atoms with E-state index in [9.17, 15) is 0 Å². The fourth-order valence-electron chi connectivity index (χ4n) is 3.75. The van der Waals surface area contributed by atoms with Gasteiger partial charge in [-0.25, -0.2) is 0 Å². The van der Waals surface area contributed by atoms with Crippen LogP contribution in [0.25, 0.3) is 0 Å². The quantitative estimate of drug-likeness (QED) is 0.149. The molecule has 0 rings (SSSR count). The molecule has 0 aromatic rings. The third kappa shape index (κ3) is 14.5. The Hall–Kier alpha value is 1.38. The number of halogens is 2. The van der Waals surface area contributed by atoms with Crippen LogP contribution in [0, 0.1) is 11.8 Å². The van der Waals surface area contributed by atoms with Crippen LogP contribution in [0.5, 0.6) is 0 Å². The SMILES string of the molecule is CCC(CC)C[N+](C)(C)CCCC[N+](C)(C)CC(CC)CC.[I-].[I-]. The highest BCUT2D eigenvalue weighted by atomic mass is 127. The van der Waals surface area contributed by atoms with Crippen LogP contribution in [0.2, 0.25) is 0 Å². The normalized spacial score (nSPS) is 12.2. The van der Waals surface area contributed by atoms with Gasteiger partial charge in [0.05, 0.1) is 54.4 Å². The lowest BCUT2D eigenvalue weighted by molar-refractivity contribution is -0.900. The number of hydrogen-bond donors (Lipinski definition) is 0. The molecule has 0 aliphatic heterocycles. The molecule has 24 heavy (non-hydrogen) atoms. The zero-order valence-corrected chi connectivity index (χ0v) is 22.2. The topological polar surface area (TPSA) is 0 Å². The van der Waals surface area contributed by atoms with Crippen LogP contribution < -0.4 is 48.0 Å². The van der Waals surface area contributed by atoms with Gasteiger partial charge in [-0.1, -0.05) is 27.7 Å². The Labute approximate surface area is 188 Å². The predicted octanol–water partition coefficient (Wildman–Crippen LogP) is -1.20. The Bertz CT molecular complexity index is 245. The standard InChI is InChI=1S/C20H46N2.2HI/c1-9-19(10-2)17-21(5,6)15-13-14-16-22(7,8)18-20(11-3)12-4;;/h19-20H,9-18H2,1-8H3;2*1H/q+2;;/p-2. The smallest absolute Gasteiger partial charge is 0.0810 e. The van der Waals surface area contributed by atoms with Gasteiger partial charge in [0.1, 0.15) is 0 Å². The Kier molecular flexibility index (Phi) is 19.4. The summed E-state index contributed by atoms with van der Waals surface area (Å²) in [4.78, 5) is 0. The zero-order valence-electron chi connectivity index (χ0n) is 17.9. The second-order valence-corrected chi connectivity index (χ2v) is 8.76. The molecule has 2 nitrogen and oxygen atoms in total. The Balaban J connectivity index is -0.00000220. The minimum atomic E-state index is 0. The monoisotopic (exact) mass is 568 g/mol. The molecule has 0 bridgehead atoms. The summed E-state index contributed by atoms with van der Waals surface area (Å²) in [7, 11) is 9.68. The molecule has 0 amide bonds. The van der Waals surface area contributed by atoms with Crippen molar-refractivity contribution in [2.45, 2.75) is 66.2 Å². The number of rotatable bonds is 13. The van der Waals surface area contributed by atoms with E-state index >= 15 is 0 Å². The van der Waals surface area contributed by atoms with Gasteiger partial charge < -0.3 is 56.9 Å². The maximum Gasteiger partial charge on any atom is 0.0810 e. The van der Waals surface area contributed by atoms with E-state index in [2.05, 4.69) is 55.9 Å². The molecule has 0 aromatic heterocycles. The van der Waals surface area contributed by atoms with Gasteiger partial charge in [-0.05, 0) is 25.7 Å². The zero-order chi connectivity index (χ0) is 17.2. The van der Waals surface area contributed by atoms with Gasteiger partial charge in [0.2, 0.25) is 0 Å². The summed E-state index contributed by atoms with van der Waals surface area (Å²) in [5, 5.41) is 0. The third-order valence-electron chi connectivity index (χ3n) is 5.59. The van der Waals surface area contributed by atoms with Crippen LogP contribution in [-0.4, -0.2) is 63.3 Å². The molecule has 0 saturated heterocycles. The minimum Gasteiger partial charge on any atom is -1.00 e. The van der Waals surface area contributed by atoms with Gasteiger partial charge in [-0.15, -0.1) is 0 Å². The average molecular weight is 568 g/mol. The van der Waals surface area contributed by atoms with Crippen molar-refractivity contribution >= 4 is 0 Å². The van der Waals surface area contributed by atoms with E-state index in [1.165, 1.54) is 73.7 Å². The van der Waals surface area contributed by atoms with Crippen molar-refractivity contribution in [2.75, 3.05) is 54.4 Å². The van der Waals surface area contributed by atoms with Crippen molar-refractivity contribution in [2.24, 2.45) is 11.8 Å². The van der Waals surface area contributed by atoms with E-state index in [4.69, 9.17) is 0 Å². The third-order valence-corrected chi connectivity index (χ3v) is 5.59. The Morgan fingerprint density at radius 2 is 0.792 bits per heavy atom. The van der Waals surface area contributed by atoms with E-state index in [0.29, 0.717) is 0 Å². The summed E-state index contributed by atoms with van der Waals surface area (Å²) in [6.45, 7) is 14.7. The van der Waals surface area contributed by atoms with Crippen LogP contribution in [0.1, 0.15) is 66.2 Å². The minimum absolute atomic E-state index is 0.